The van der Waals surface area contributed by atoms with Crippen LogP contribution in [0.4, 0.5) is 4.79 Å². The van der Waals surface area contributed by atoms with Crippen LogP contribution in [0.5, 0.6) is 0 Å². The van der Waals surface area contributed by atoms with Gasteiger partial charge in [-0.1, -0.05) is 6.07 Å². The fourth-order valence-electron chi connectivity index (χ4n) is 5.95. The van der Waals surface area contributed by atoms with Crippen LogP contribution >= 0.6 is 0 Å². The second kappa shape index (κ2) is 11.8. The quantitative estimate of drug-likeness (QED) is 0.502. The van der Waals surface area contributed by atoms with Gasteiger partial charge in [-0.15, -0.1) is 0 Å². The Morgan fingerprint density at radius 3 is 2.48 bits per heavy atom. The summed E-state index contributed by atoms with van der Waals surface area (Å²) < 4.78 is 0. The number of hydrogen-bond acceptors (Lipinski definition) is 5. The Kier molecular flexibility index (Phi) is 8.56. The van der Waals surface area contributed by atoms with Crippen LogP contribution in [-0.2, 0) is 4.79 Å². The summed E-state index contributed by atoms with van der Waals surface area (Å²) in [4.78, 5) is 31.7. The van der Waals surface area contributed by atoms with Crippen molar-refractivity contribution in [1.82, 2.24) is 25.8 Å². The highest BCUT2D eigenvalue weighted by Gasteiger charge is 2.36. The Hall–Kier alpha value is -2.19. The van der Waals surface area contributed by atoms with E-state index in [1.54, 1.807) is 18.5 Å². The van der Waals surface area contributed by atoms with Gasteiger partial charge in [0.05, 0.1) is 12.0 Å². The van der Waals surface area contributed by atoms with Crippen LogP contribution in [0, 0.1) is 23.7 Å². The van der Waals surface area contributed by atoms with Crippen LogP contribution in [0.15, 0.2) is 24.5 Å². The zero-order valence-electron chi connectivity index (χ0n) is 19.5. The average Bonchev–Trinajstić information content (AvgIpc) is 2.87. The second-order valence-corrected chi connectivity index (χ2v) is 10.0. The van der Waals surface area contributed by atoms with Crippen LogP contribution in [0.2, 0.25) is 0 Å². The van der Waals surface area contributed by atoms with Gasteiger partial charge in [0.15, 0.2) is 0 Å². The van der Waals surface area contributed by atoms with Gasteiger partial charge in [-0.05, 0) is 101 Å². The van der Waals surface area contributed by atoms with Crippen molar-refractivity contribution in [2.75, 3.05) is 39.3 Å². The first kappa shape index (κ1) is 24.0. The number of amides is 2. The minimum absolute atomic E-state index is 0.152. The van der Waals surface area contributed by atoms with Gasteiger partial charge in [-0.25, -0.2) is 4.79 Å². The van der Waals surface area contributed by atoms with Gasteiger partial charge >= 0.3 is 12.0 Å². The lowest BCUT2D eigenvalue weighted by Gasteiger charge is -2.38. The third kappa shape index (κ3) is 6.44. The summed E-state index contributed by atoms with van der Waals surface area (Å²) in [6.07, 6.45) is 10.5. The van der Waals surface area contributed by atoms with E-state index in [1.165, 1.54) is 12.8 Å². The molecule has 0 aliphatic carbocycles. The van der Waals surface area contributed by atoms with Crippen LogP contribution in [0.3, 0.4) is 0 Å². The first-order chi connectivity index (χ1) is 16.1. The molecule has 0 spiro atoms. The van der Waals surface area contributed by atoms with Gasteiger partial charge < -0.3 is 26.0 Å². The Morgan fingerprint density at radius 1 is 1.09 bits per heavy atom. The Morgan fingerprint density at radius 2 is 1.85 bits per heavy atom. The molecule has 3 aliphatic heterocycles. The van der Waals surface area contributed by atoms with E-state index in [9.17, 15) is 14.7 Å². The molecule has 8 nitrogen and oxygen atoms in total. The number of likely N-dealkylation sites (tertiary alicyclic amines) is 1. The van der Waals surface area contributed by atoms with E-state index in [4.69, 9.17) is 0 Å². The highest BCUT2D eigenvalue weighted by molar-refractivity contribution is 5.77. The fraction of sp³-hybridized carbons (Fsp3) is 0.720. The highest BCUT2D eigenvalue weighted by atomic mass is 16.4. The maximum Gasteiger partial charge on any atom is 0.317 e. The van der Waals surface area contributed by atoms with Crippen LogP contribution in [-0.4, -0.2) is 66.3 Å². The largest absolute Gasteiger partial charge is 0.481 e. The standard InChI is InChI=1S/C25H39N5O3/c31-24(32)22(15-18-3-1-9-27-16-18)23(21-4-2-10-28-17-21)29-25(33)30-13-7-20(8-14-30)19-5-11-26-12-6-19/h2,4,10,17-20,22-23,26-27H,1,3,5-9,11-16H2,(H,29,33)(H,31,32)/t18?,22-,23-/m0/s1. The molecule has 2 amide bonds. The van der Waals surface area contributed by atoms with E-state index >= 15 is 0 Å². The van der Waals surface area contributed by atoms with E-state index in [2.05, 4.69) is 20.9 Å². The normalized spacial score (nSPS) is 24.7. The summed E-state index contributed by atoms with van der Waals surface area (Å²) in [5, 5.41) is 20.0. The van der Waals surface area contributed by atoms with Crippen molar-refractivity contribution >= 4 is 12.0 Å². The number of carbonyl (C=O) groups is 2. The van der Waals surface area contributed by atoms with E-state index in [1.807, 2.05) is 11.0 Å². The van der Waals surface area contributed by atoms with Crippen molar-refractivity contribution in [2.24, 2.45) is 23.7 Å². The zero-order chi connectivity index (χ0) is 23.0. The first-order valence-corrected chi connectivity index (χ1v) is 12.7. The molecule has 0 bridgehead atoms. The van der Waals surface area contributed by atoms with E-state index in [-0.39, 0.29) is 6.03 Å². The number of carboxylic acids is 1. The van der Waals surface area contributed by atoms with Crippen molar-refractivity contribution in [3.8, 4) is 0 Å². The third-order valence-electron chi connectivity index (χ3n) is 7.91. The lowest BCUT2D eigenvalue weighted by molar-refractivity contribution is -0.143. The van der Waals surface area contributed by atoms with Crippen LogP contribution in [0.1, 0.15) is 56.6 Å². The number of aliphatic carboxylic acids is 1. The smallest absolute Gasteiger partial charge is 0.317 e. The molecule has 0 aromatic carbocycles. The molecule has 0 saturated carbocycles. The summed E-state index contributed by atoms with van der Waals surface area (Å²) in [7, 11) is 0. The minimum atomic E-state index is -0.862. The topological polar surface area (TPSA) is 107 Å². The van der Waals surface area contributed by atoms with Crippen molar-refractivity contribution in [2.45, 2.75) is 51.0 Å². The third-order valence-corrected chi connectivity index (χ3v) is 7.91. The van der Waals surface area contributed by atoms with Crippen LogP contribution < -0.4 is 16.0 Å². The van der Waals surface area contributed by atoms with Gasteiger partial charge in [0.25, 0.3) is 0 Å². The monoisotopic (exact) mass is 457 g/mol. The molecular weight excluding hydrogens is 418 g/mol. The summed E-state index contributed by atoms with van der Waals surface area (Å²) in [5.74, 6) is 0.210. The molecule has 3 aliphatic rings. The second-order valence-electron chi connectivity index (χ2n) is 10.0. The first-order valence-electron chi connectivity index (χ1n) is 12.7. The number of hydrogen-bond donors (Lipinski definition) is 4. The minimum Gasteiger partial charge on any atom is -0.481 e. The molecule has 0 radical (unpaired) electrons. The molecule has 1 aromatic heterocycles. The van der Waals surface area contributed by atoms with Gasteiger partial charge in [0.1, 0.15) is 0 Å². The predicted molar refractivity (Wildman–Crippen MR) is 127 cm³/mol. The summed E-state index contributed by atoms with van der Waals surface area (Å²) in [6, 6.07) is 2.93. The van der Waals surface area contributed by atoms with Crippen molar-refractivity contribution < 1.29 is 14.7 Å². The van der Waals surface area contributed by atoms with Gasteiger partial charge in [-0.3, -0.25) is 9.78 Å². The number of nitrogens with zero attached hydrogens (tertiary/aromatic N) is 2. The summed E-state index contributed by atoms with van der Waals surface area (Å²) in [5.41, 5.74) is 0.756. The molecule has 182 valence electrons. The molecule has 3 atom stereocenters. The number of nitrogens with one attached hydrogen (secondary N) is 3. The number of urea groups is 1. The Bertz CT molecular complexity index is 757. The van der Waals surface area contributed by atoms with E-state index < -0.39 is 17.9 Å². The van der Waals surface area contributed by atoms with Gasteiger partial charge in [0.2, 0.25) is 0 Å². The van der Waals surface area contributed by atoms with Gasteiger partial charge in [0, 0.05) is 25.5 Å². The molecule has 1 unspecified atom stereocenters. The number of pyridine rings is 1. The molecule has 4 heterocycles. The van der Waals surface area contributed by atoms with Crippen LogP contribution in [0.25, 0.3) is 0 Å². The maximum absolute atomic E-state index is 13.3. The van der Waals surface area contributed by atoms with Crippen molar-refractivity contribution in [1.29, 1.82) is 0 Å². The summed E-state index contributed by atoms with van der Waals surface area (Å²) >= 11 is 0. The van der Waals surface area contributed by atoms with E-state index in [0.717, 1.165) is 76.4 Å². The molecule has 1 aromatic rings. The maximum atomic E-state index is 13.3. The zero-order valence-corrected chi connectivity index (χ0v) is 19.5. The summed E-state index contributed by atoms with van der Waals surface area (Å²) in [6.45, 7) is 5.51. The number of piperidine rings is 3. The van der Waals surface area contributed by atoms with Crippen molar-refractivity contribution in [3.63, 3.8) is 0 Å². The molecule has 4 rings (SSSR count). The molecule has 4 N–H and O–H groups in total. The number of aromatic nitrogens is 1. The van der Waals surface area contributed by atoms with Gasteiger partial charge in [-0.2, -0.15) is 0 Å². The SMILES string of the molecule is O=C(O)[C@@H](CC1CCCNC1)[C@@H](NC(=O)N1CCC(C2CCNCC2)CC1)c1cccnc1. The molecule has 8 heteroatoms. The molecular formula is C25H39N5O3. The Balaban J connectivity index is 1.41. The number of rotatable bonds is 7. The lowest BCUT2D eigenvalue weighted by atomic mass is 9.79. The molecule has 3 fully saturated rings. The molecule has 3 saturated heterocycles. The fourth-order valence-corrected chi connectivity index (χ4v) is 5.95. The van der Waals surface area contributed by atoms with Crippen molar-refractivity contribution in [3.05, 3.63) is 30.1 Å². The lowest BCUT2D eigenvalue weighted by Crippen LogP contribution is -2.49. The highest BCUT2D eigenvalue weighted by Crippen LogP contribution is 2.33. The number of carboxylic acid groups (broad SMARTS) is 1. The Labute approximate surface area is 196 Å². The predicted octanol–water partition coefficient (Wildman–Crippen LogP) is 2.63. The van der Waals surface area contributed by atoms with E-state index in [0.29, 0.717) is 18.3 Å². The number of carbonyl (C=O) groups excluding carboxylic acids is 1. The molecule has 33 heavy (non-hydrogen) atoms. The average molecular weight is 458 g/mol.